The number of hydrogen-bond acceptors (Lipinski definition) is 25. The summed E-state index contributed by atoms with van der Waals surface area (Å²) in [6.45, 7) is 1.06. The molecule has 356 valence electrons. The maximum atomic E-state index is 14.3. The number of aliphatic hydroxyl groups is 11. The molecule has 4 aliphatic rings. The summed E-state index contributed by atoms with van der Waals surface area (Å²) in [4.78, 5) is 14.3. The van der Waals surface area contributed by atoms with Gasteiger partial charge in [0, 0.05) is 17.7 Å². The van der Waals surface area contributed by atoms with Crippen molar-refractivity contribution in [1.29, 1.82) is 0 Å². The summed E-state index contributed by atoms with van der Waals surface area (Å²) in [5.74, 6) is -3.99. The Labute approximate surface area is 360 Å². The van der Waals surface area contributed by atoms with E-state index in [9.17, 15) is 81.4 Å². The van der Waals surface area contributed by atoms with Gasteiger partial charge in [0.15, 0.2) is 42.2 Å². The van der Waals surface area contributed by atoms with Crippen molar-refractivity contribution < 1.29 is 119 Å². The Hall–Kier alpha value is -4.07. The summed E-state index contributed by atoms with van der Waals surface area (Å²) in [7, 11) is 0. The molecule has 4 fully saturated rings. The number of phenols is 4. The minimum Gasteiger partial charge on any atom is -0.508 e. The van der Waals surface area contributed by atoms with Gasteiger partial charge in [0.05, 0.1) is 25.4 Å². The Kier molecular flexibility index (Phi) is 14.2. The average Bonchev–Trinajstić information content (AvgIpc) is 3.25. The molecule has 4 aliphatic heterocycles. The Bertz CT molecular complexity index is 2150. The molecular weight excluding hydrogens is 868 g/mol. The van der Waals surface area contributed by atoms with Crippen LogP contribution in [-0.4, -0.2) is 213 Å². The van der Waals surface area contributed by atoms with Crippen molar-refractivity contribution in [2.75, 3.05) is 13.2 Å². The normalized spacial score (nSPS) is 40.6. The van der Waals surface area contributed by atoms with Gasteiger partial charge in [-0.15, -0.1) is 0 Å². The van der Waals surface area contributed by atoms with Crippen LogP contribution in [0.4, 0.5) is 0 Å². The average molecular weight is 919 g/mol. The highest BCUT2D eigenvalue weighted by molar-refractivity contribution is 5.88. The van der Waals surface area contributed by atoms with Gasteiger partial charge in [-0.25, -0.2) is 0 Å². The molecule has 5 heterocycles. The van der Waals surface area contributed by atoms with Crippen LogP contribution in [-0.2, 0) is 33.2 Å². The molecule has 20 atom stereocenters. The maximum Gasteiger partial charge on any atom is 0.239 e. The topological polar surface area (TPSA) is 408 Å². The van der Waals surface area contributed by atoms with Crippen LogP contribution in [0.1, 0.15) is 13.8 Å². The fourth-order valence-electron chi connectivity index (χ4n) is 7.73. The van der Waals surface area contributed by atoms with Crippen molar-refractivity contribution in [3.63, 3.8) is 0 Å². The van der Waals surface area contributed by atoms with Crippen LogP contribution in [0.25, 0.3) is 22.3 Å². The first-order chi connectivity index (χ1) is 30.2. The van der Waals surface area contributed by atoms with E-state index in [1.54, 1.807) is 0 Å². The molecule has 0 radical (unpaired) electrons. The molecule has 0 saturated carbocycles. The van der Waals surface area contributed by atoms with Gasteiger partial charge >= 0.3 is 0 Å². The Morgan fingerprint density at radius 2 is 1.16 bits per heavy atom. The lowest BCUT2D eigenvalue weighted by Gasteiger charge is -2.48. The van der Waals surface area contributed by atoms with Crippen LogP contribution >= 0.6 is 0 Å². The van der Waals surface area contributed by atoms with E-state index in [1.165, 1.54) is 19.9 Å². The molecule has 15 N–H and O–H groups in total. The summed E-state index contributed by atoms with van der Waals surface area (Å²) >= 11 is 0. The van der Waals surface area contributed by atoms with Crippen LogP contribution < -0.4 is 10.2 Å². The standard InChI is InChI=1S/C39H50O25/c1-10-21(45)26(50)29(53)36(57-10)56-9-19-24(48)28(52)35(64-38-31(55)33(22(46)11(2)58-38)62-37-30(54)27(51)23(47)18(8-40)60-37)39(61-19)63-34-25(49)20-16(44)6-13(41)7-17(20)59-32(34)12-3-4-14(42)15(43)5-12/h3-7,10-11,18-19,21-24,26-31,33,35-48,50-55H,8-9H2,1-2H3. The zero-order valence-electron chi connectivity index (χ0n) is 33.6. The van der Waals surface area contributed by atoms with Crippen LogP contribution in [0.15, 0.2) is 39.5 Å². The highest BCUT2D eigenvalue weighted by Gasteiger charge is 2.54. The fourth-order valence-corrected chi connectivity index (χ4v) is 7.73. The lowest BCUT2D eigenvalue weighted by atomic mass is 9.96. The number of ether oxygens (including phenoxy) is 8. The van der Waals surface area contributed by atoms with Gasteiger partial charge in [-0.1, -0.05) is 0 Å². The minimum atomic E-state index is -2.17. The van der Waals surface area contributed by atoms with E-state index < -0.39 is 187 Å². The van der Waals surface area contributed by atoms with Crippen LogP contribution in [0.2, 0.25) is 0 Å². The molecular formula is C39H50O25. The fraction of sp³-hybridized carbons (Fsp3) is 0.615. The third-order valence-electron chi connectivity index (χ3n) is 11.5. The summed E-state index contributed by atoms with van der Waals surface area (Å²) in [6.07, 6.45) is -35.8. The molecule has 4 saturated heterocycles. The first-order valence-electron chi connectivity index (χ1n) is 19.9. The van der Waals surface area contributed by atoms with E-state index >= 15 is 0 Å². The molecule has 0 amide bonds. The minimum absolute atomic E-state index is 0.152. The van der Waals surface area contributed by atoms with Gasteiger partial charge in [0.2, 0.25) is 17.5 Å². The highest BCUT2D eigenvalue weighted by Crippen LogP contribution is 2.41. The first kappa shape index (κ1) is 47.9. The Morgan fingerprint density at radius 1 is 0.562 bits per heavy atom. The van der Waals surface area contributed by atoms with Gasteiger partial charge in [0.1, 0.15) is 102 Å². The summed E-state index contributed by atoms with van der Waals surface area (Å²) in [5, 5.41) is 158. The molecule has 20 unspecified atom stereocenters. The third kappa shape index (κ3) is 9.06. The lowest BCUT2D eigenvalue weighted by molar-refractivity contribution is -0.379. The largest absolute Gasteiger partial charge is 0.508 e. The molecule has 0 spiro atoms. The van der Waals surface area contributed by atoms with Crippen molar-refractivity contribution >= 4 is 11.0 Å². The zero-order valence-corrected chi connectivity index (χ0v) is 33.6. The molecule has 1 aromatic heterocycles. The molecule has 3 aromatic rings. The predicted molar refractivity (Wildman–Crippen MR) is 204 cm³/mol. The van der Waals surface area contributed by atoms with E-state index in [4.69, 9.17) is 42.3 Å². The lowest BCUT2D eigenvalue weighted by Crippen LogP contribution is -2.66. The molecule has 7 rings (SSSR count). The number of phenolic OH excluding ortho intramolecular Hbond substituents is 4. The van der Waals surface area contributed by atoms with Crippen molar-refractivity contribution in [3.8, 4) is 40.1 Å². The van der Waals surface area contributed by atoms with E-state index in [0.717, 1.165) is 24.3 Å². The van der Waals surface area contributed by atoms with Crippen LogP contribution in [0.3, 0.4) is 0 Å². The number of rotatable bonds is 11. The third-order valence-corrected chi connectivity index (χ3v) is 11.5. The number of aromatic hydroxyl groups is 4. The molecule has 0 bridgehead atoms. The quantitative estimate of drug-likeness (QED) is 0.0801. The number of fused-ring (bicyclic) bond motifs is 1. The second-order valence-corrected chi connectivity index (χ2v) is 15.9. The van der Waals surface area contributed by atoms with Gasteiger partial charge in [0.25, 0.3) is 0 Å². The SMILES string of the molecule is CC1OC(OCC2OC(Oc3c(-c4ccc(O)c(O)c4)oc4cc(O)cc(O)c4c3=O)C(OC3OC(C)C(O)C(OC4OC(CO)C(O)C(O)C4O)C3O)C(O)C2O)C(O)C(O)C1O. The summed E-state index contributed by atoms with van der Waals surface area (Å²) in [6, 6.07) is 4.93. The first-order valence-corrected chi connectivity index (χ1v) is 19.9. The maximum absolute atomic E-state index is 14.3. The zero-order chi connectivity index (χ0) is 46.6. The van der Waals surface area contributed by atoms with Crippen molar-refractivity contribution in [2.24, 2.45) is 0 Å². The smallest absolute Gasteiger partial charge is 0.239 e. The number of hydrogen-bond donors (Lipinski definition) is 15. The van der Waals surface area contributed by atoms with E-state index in [1.807, 2.05) is 0 Å². The molecule has 0 aliphatic carbocycles. The monoisotopic (exact) mass is 918 g/mol. The van der Waals surface area contributed by atoms with Crippen LogP contribution in [0.5, 0.6) is 28.7 Å². The molecule has 25 heteroatoms. The number of aliphatic hydroxyl groups excluding tert-OH is 11. The van der Waals surface area contributed by atoms with E-state index in [0.29, 0.717) is 0 Å². The van der Waals surface area contributed by atoms with Gasteiger partial charge in [-0.05, 0) is 32.0 Å². The summed E-state index contributed by atoms with van der Waals surface area (Å²) < 4.78 is 51.8. The Balaban J connectivity index is 1.25. The van der Waals surface area contributed by atoms with Gasteiger partial charge in [-0.2, -0.15) is 0 Å². The summed E-state index contributed by atoms with van der Waals surface area (Å²) in [5.41, 5.74) is -1.71. The van der Waals surface area contributed by atoms with E-state index in [-0.39, 0.29) is 5.56 Å². The second kappa shape index (κ2) is 19.0. The molecule has 25 nitrogen and oxygen atoms in total. The van der Waals surface area contributed by atoms with Gasteiger partial charge < -0.3 is 119 Å². The Morgan fingerprint density at radius 3 is 1.84 bits per heavy atom. The van der Waals surface area contributed by atoms with Crippen molar-refractivity contribution in [2.45, 2.75) is 137 Å². The molecule has 64 heavy (non-hydrogen) atoms. The predicted octanol–water partition coefficient (Wildman–Crippen LogP) is -5.01. The molecule has 2 aromatic carbocycles. The second-order valence-electron chi connectivity index (χ2n) is 15.9. The van der Waals surface area contributed by atoms with Crippen molar-refractivity contribution in [1.82, 2.24) is 0 Å². The number of benzene rings is 2. The van der Waals surface area contributed by atoms with E-state index in [2.05, 4.69) is 0 Å². The van der Waals surface area contributed by atoms with Crippen LogP contribution in [0, 0.1) is 0 Å². The van der Waals surface area contributed by atoms with Crippen molar-refractivity contribution in [3.05, 3.63) is 40.6 Å². The highest BCUT2D eigenvalue weighted by atomic mass is 16.8. The van der Waals surface area contributed by atoms with Gasteiger partial charge in [-0.3, -0.25) is 4.79 Å².